The molecule has 0 spiro atoms. The van der Waals surface area contributed by atoms with Crippen molar-refractivity contribution in [1.82, 2.24) is 0 Å². The molecule has 1 atom stereocenters. The molecule has 0 aromatic rings. The van der Waals surface area contributed by atoms with Crippen LogP contribution in [0.3, 0.4) is 0 Å². The van der Waals surface area contributed by atoms with Crippen LogP contribution in [-0.2, 0) is 21.0 Å². The van der Waals surface area contributed by atoms with Gasteiger partial charge < -0.3 is 0 Å². The van der Waals surface area contributed by atoms with E-state index in [9.17, 15) is 0 Å². The van der Waals surface area contributed by atoms with Crippen molar-refractivity contribution in [2.45, 2.75) is 48.0 Å². The van der Waals surface area contributed by atoms with Crippen LogP contribution in [0.5, 0.6) is 0 Å². The predicted octanol–water partition coefficient (Wildman–Crippen LogP) is 5.76. The normalized spacial score (nSPS) is 20.7. The fourth-order valence-corrected chi connectivity index (χ4v) is 15.3. The molecule has 0 heterocycles. The third kappa shape index (κ3) is 4.15. The van der Waals surface area contributed by atoms with E-state index in [1.54, 1.807) is 17.7 Å². The Hall–Kier alpha value is 0.280. The van der Waals surface area contributed by atoms with E-state index >= 15 is 0 Å². The summed E-state index contributed by atoms with van der Waals surface area (Å²) in [7, 11) is 0. The van der Waals surface area contributed by atoms with Gasteiger partial charge in [-0.2, -0.15) is 0 Å². The van der Waals surface area contributed by atoms with Gasteiger partial charge in [0.25, 0.3) is 0 Å². The molecule has 0 fully saturated rings. The van der Waals surface area contributed by atoms with E-state index in [2.05, 4.69) is 59.8 Å². The zero-order chi connectivity index (χ0) is 13.4. The second kappa shape index (κ2) is 8.06. The van der Waals surface area contributed by atoms with Crippen LogP contribution in [0.4, 0.5) is 0 Å². The Morgan fingerprint density at radius 2 is 1.70 bits per heavy atom. The third-order valence-electron chi connectivity index (χ3n) is 3.87. The molecule has 0 aromatic heterocycles. The van der Waals surface area contributed by atoms with E-state index in [0.717, 1.165) is 0 Å². The molecule has 3 heteroatoms. The van der Waals surface area contributed by atoms with Crippen LogP contribution in [0.15, 0.2) is 41.6 Å². The van der Waals surface area contributed by atoms with Gasteiger partial charge in [-0.1, -0.05) is 0 Å². The summed E-state index contributed by atoms with van der Waals surface area (Å²) in [5.74, 6) is 0.684. The Labute approximate surface area is 143 Å². The number of rotatable bonds is 2. The third-order valence-corrected chi connectivity index (χ3v) is 15.9. The van der Waals surface area contributed by atoms with Gasteiger partial charge in [0.05, 0.1) is 0 Å². The van der Waals surface area contributed by atoms with E-state index in [1.807, 2.05) is 3.33 Å². The maximum atomic E-state index is 2.49. The molecule has 112 valence electrons. The standard InChI is InChI=1S/2C7H9.C3H6.2ClH.Hf/c2*1-6-3-4-7(2)5-6;1-3-2;;;/h5H,3H2,1-2H3;3,5,7H,1-2H3;1-2H3;2*1H;. The van der Waals surface area contributed by atoms with Crippen molar-refractivity contribution in [2.24, 2.45) is 5.92 Å². The smallest absolute Gasteiger partial charge is 0.147 e. The van der Waals surface area contributed by atoms with Crippen LogP contribution in [-0.4, -0.2) is 3.26 Å². The molecule has 2 rings (SSSR count). The number of hydrogen-bond acceptors (Lipinski definition) is 0. The van der Waals surface area contributed by atoms with Gasteiger partial charge in [-0.3, -0.25) is 0 Å². The molecule has 20 heavy (non-hydrogen) atoms. The number of halogens is 2. The minimum Gasteiger partial charge on any atom is -0.147 e. The Bertz CT molecular complexity index is 541. The average molecular weight is 480 g/mol. The van der Waals surface area contributed by atoms with Gasteiger partial charge in [0.2, 0.25) is 0 Å². The molecular formula is C17H26Cl2Hf. The quantitative estimate of drug-likeness (QED) is 0.442. The summed E-state index contributed by atoms with van der Waals surface area (Å²) in [4.78, 5) is 0. The van der Waals surface area contributed by atoms with E-state index < -0.39 is 21.0 Å². The van der Waals surface area contributed by atoms with Gasteiger partial charge in [-0.05, 0) is 0 Å². The minimum absolute atomic E-state index is 0. The van der Waals surface area contributed by atoms with E-state index in [0.29, 0.717) is 5.92 Å². The van der Waals surface area contributed by atoms with E-state index in [4.69, 9.17) is 0 Å². The van der Waals surface area contributed by atoms with Crippen molar-refractivity contribution in [3.63, 3.8) is 0 Å². The molecular weight excluding hydrogens is 454 g/mol. The average Bonchev–Trinajstić information content (AvgIpc) is 2.71. The summed E-state index contributed by atoms with van der Waals surface area (Å²) in [5.41, 5.74) is 4.61. The molecule has 0 aromatic carbocycles. The summed E-state index contributed by atoms with van der Waals surface area (Å²) in [5, 5.41) is 0. The van der Waals surface area contributed by atoms with Crippen LogP contribution in [0.25, 0.3) is 0 Å². The number of allylic oxidation sites excluding steroid dienone is 8. The molecule has 0 amide bonds. The first kappa shape index (κ1) is 20.3. The van der Waals surface area contributed by atoms with Gasteiger partial charge >= 0.3 is 120 Å². The first-order valence-electron chi connectivity index (χ1n) is 6.85. The second-order valence-corrected chi connectivity index (χ2v) is 16.5. The van der Waals surface area contributed by atoms with Gasteiger partial charge in [-0.15, -0.1) is 24.8 Å². The molecule has 2 aliphatic carbocycles. The molecule has 0 nitrogen and oxygen atoms in total. The Balaban J connectivity index is 0.00000180. The summed E-state index contributed by atoms with van der Waals surface area (Å²) >= 11 is -1.90. The van der Waals surface area contributed by atoms with Crippen LogP contribution in [0.2, 0.25) is 0 Å². The first-order chi connectivity index (χ1) is 8.40. The fraction of sp³-hybridized carbons (Fsp3) is 0.471. The van der Waals surface area contributed by atoms with Gasteiger partial charge in [0.15, 0.2) is 0 Å². The van der Waals surface area contributed by atoms with E-state index in [1.165, 1.54) is 12.0 Å². The van der Waals surface area contributed by atoms with Gasteiger partial charge in [0.1, 0.15) is 0 Å². The van der Waals surface area contributed by atoms with Crippen LogP contribution < -0.4 is 0 Å². The van der Waals surface area contributed by atoms with Crippen molar-refractivity contribution in [2.75, 3.05) is 0 Å². The molecule has 1 unspecified atom stereocenters. The first-order valence-corrected chi connectivity index (χ1v) is 12.2. The minimum atomic E-state index is -1.90. The molecule has 0 aliphatic heterocycles. The fourth-order valence-electron chi connectivity index (χ4n) is 3.19. The van der Waals surface area contributed by atoms with E-state index in [-0.39, 0.29) is 24.8 Å². The molecule has 2 aliphatic rings. The maximum Gasteiger partial charge on any atom is -0.147 e. The van der Waals surface area contributed by atoms with Crippen LogP contribution in [0, 0.1) is 5.92 Å². The van der Waals surface area contributed by atoms with Crippen molar-refractivity contribution in [1.29, 1.82) is 0 Å². The van der Waals surface area contributed by atoms with Crippen molar-refractivity contribution >= 4 is 28.1 Å². The Morgan fingerprint density at radius 1 is 1.10 bits per heavy atom. The summed E-state index contributed by atoms with van der Waals surface area (Å²) < 4.78 is 5.37. The summed E-state index contributed by atoms with van der Waals surface area (Å²) in [6.07, 6.45) is 8.59. The predicted molar refractivity (Wildman–Crippen MR) is 92.9 cm³/mol. The van der Waals surface area contributed by atoms with Crippen molar-refractivity contribution in [3.05, 3.63) is 41.6 Å². The molecule has 0 bridgehead atoms. The van der Waals surface area contributed by atoms with Crippen molar-refractivity contribution < 1.29 is 21.0 Å². The SMILES string of the molecule is CC1=CC(C)[C]([Hf]([C]2=C(C)C=C(C)C2)=[C](C)C)=C1.Cl.Cl. The zero-order valence-corrected chi connectivity index (χ0v) is 18.6. The number of hydrogen-bond donors (Lipinski definition) is 0. The molecule has 0 saturated heterocycles. The molecule has 0 radical (unpaired) electrons. The molecule has 0 N–H and O–H groups in total. The zero-order valence-electron chi connectivity index (χ0n) is 13.3. The Morgan fingerprint density at radius 3 is 2.05 bits per heavy atom. The molecule has 0 saturated carbocycles. The largest absolute Gasteiger partial charge is 0.147 e. The summed E-state index contributed by atoms with van der Waals surface area (Å²) in [6.45, 7) is 14.0. The van der Waals surface area contributed by atoms with Gasteiger partial charge in [-0.25, -0.2) is 0 Å². The maximum absolute atomic E-state index is 2.49. The topological polar surface area (TPSA) is 0 Å². The second-order valence-electron chi connectivity index (χ2n) is 6.00. The monoisotopic (exact) mass is 480 g/mol. The summed E-state index contributed by atoms with van der Waals surface area (Å²) in [6, 6.07) is 0. The van der Waals surface area contributed by atoms with Crippen LogP contribution >= 0.6 is 24.8 Å². The Kier molecular flexibility index (Phi) is 8.17. The van der Waals surface area contributed by atoms with Gasteiger partial charge in [0, 0.05) is 0 Å². The van der Waals surface area contributed by atoms with Crippen LogP contribution in [0.1, 0.15) is 48.0 Å². The van der Waals surface area contributed by atoms with Crippen molar-refractivity contribution in [3.8, 4) is 0 Å².